The summed E-state index contributed by atoms with van der Waals surface area (Å²) in [6.07, 6.45) is 7.02. The van der Waals surface area contributed by atoms with E-state index < -0.39 is 0 Å². The van der Waals surface area contributed by atoms with Gasteiger partial charge in [0.25, 0.3) is 19.5 Å². The maximum absolute atomic E-state index is 6.04. The zero-order chi connectivity index (χ0) is 19.2. The summed E-state index contributed by atoms with van der Waals surface area (Å²) >= 11 is 0. The van der Waals surface area contributed by atoms with Gasteiger partial charge in [0.05, 0.1) is 13.2 Å². The number of para-hydroxylation sites is 2. The summed E-state index contributed by atoms with van der Waals surface area (Å²) in [4.78, 5) is 0. The second-order valence-electron chi connectivity index (χ2n) is 6.41. The highest BCUT2D eigenvalue weighted by atomic mass is 28.3. The van der Waals surface area contributed by atoms with E-state index in [2.05, 4.69) is 26.0 Å². The first kappa shape index (κ1) is 21.7. The zero-order valence-corrected chi connectivity index (χ0v) is 18.5. The first-order valence-corrected chi connectivity index (χ1v) is 11.8. The first-order chi connectivity index (χ1) is 13.3. The summed E-state index contributed by atoms with van der Waals surface area (Å²) in [5, 5.41) is 2.26. The fourth-order valence-electron chi connectivity index (χ4n) is 2.56. The first-order valence-electron chi connectivity index (χ1n) is 9.96. The van der Waals surface area contributed by atoms with Crippen LogP contribution in [0.2, 0.25) is 0 Å². The largest absolute Gasteiger partial charge is 0.494 e. The Labute approximate surface area is 169 Å². The van der Waals surface area contributed by atoms with Crippen LogP contribution in [0.4, 0.5) is 0 Å². The molecular weight excluding hydrogens is 368 g/mol. The lowest BCUT2D eigenvalue weighted by Gasteiger charge is -2.12. The van der Waals surface area contributed by atoms with E-state index in [1.165, 1.54) is 25.7 Å². The molecule has 0 aromatic heterocycles. The molecule has 0 bridgehead atoms. The number of hydrogen-bond donors (Lipinski definition) is 0. The highest BCUT2D eigenvalue weighted by Gasteiger charge is 2.09. The summed E-state index contributed by atoms with van der Waals surface area (Å²) < 4.78 is 17.9. The maximum atomic E-state index is 6.04. The average molecular weight is 399 g/mol. The molecule has 0 aliphatic carbocycles. The molecule has 0 N–H and O–H groups in total. The van der Waals surface area contributed by atoms with Crippen molar-refractivity contribution in [2.45, 2.75) is 52.4 Å². The van der Waals surface area contributed by atoms with Crippen molar-refractivity contribution in [2.75, 3.05) is 13.2 Å². The normalized spacial score (nSPS) is 10.7. The molecule has 27 heavy (non-hydrogen) atoms. The van der Waals surface area contributed by atoms with E-state index in [9.17, 15) is 0 Å². The molecule has 0 saturated heterocycles. The number of rotatable bonds is 14. The van der Waals surface area contributed by atoms with Crippen molar-refractivity contribution < 1.29 is 13.6 Å². The van der Waals surface area contributed by atoms with Gasteiger partial charge in [-0.05, 0) is 25.0 Å². The van der Waals surface area contributed by atoms with Crippen LogP contribution >= 0.6 is 0 Å². The molecule has 3 nitrogen and oxygen atoms in total. The standard InChI is InChI=1S/C22H30O3Si2/c1-3-5-11-17-23-19-13-7-9-15-21(19)26-25-27-22-16-10-8-14-20(22)24-18-12-6-4-2/h7-10,13-16H,3-6,11-12,17-18H2,1-2H3. The van der Waals surface area contributed by atoms with Gasteiger partial charge >= 0.3 is 0 Å². The Bertz CT molecular complexity index is 593. The van der Waals surface area contributed by atoms with Crippen LogP contribution in [0.15, 0.2) is 48.5 Å². The topological polar surface area (TPSA) is 27.7 Å². The molecule has 0 spiro atoms. The van der Waals surface area contributed by atoms with Gasteiger partial charge in [0.1, 0.15) is 11.5 Å². The third-order valence-corrected chi connectivity index (χ3v) is 6.19. The number of benzene rings is 2. The lowest BCUT2D eigenvalue weighted by molar-refractivity contribution is 0.308. The summed E-state index contributed by atoms with van der Waals surface area (Å²) in [7, 11) is 0.543. The average Bonchev–Trinajstić information content (AvgIpc) is 2.70. The summed E-state index contributed by atoms with van der Waals surface area (Å²) in [5.41, 5.74) is 0. The number of unbranched alkanes of at least 4 members (excludes halogenated alkanes) is 4. The third kappa shape index (κ3) is 8.32. The Kier molecular flexibility index (Phi) is 10.9. The fourth-order valence-corrected chi connectivity index (χ4v) is 4.48. The molecular formula is C22H30O3Si2. The SMILES string of the molecule is CCCCCOc1ccccc1[Si]O[Si]c1ccccc1OCCCCC. The van der Waals surface area contributed by atoms with Crippen molar-refractivity contribution in [1.29, 1.82) is 0 Å². The molecule has 0 heterocycles. The molecule has 2 aromatic rings. The van der Waals surface area contributed by atoms with Crippen molar-refractivity contribution in [3.63, 3.8) is 0 Å². The molecule has 0 amide bonds. The van der Waals surface area contributed by atoms with Gasteiger partial charge in [0.2, 0.25) is 0 Å². The molecule has 0 saturated carbocycles. The molecule has 0 aliphatic heterocycles. The van der Waals surface area contributed by atoms with E-state index in [0.717, 1.165) is 47.9 Å². The minimum atomic E-state index is 0.272. The predicted octanol–water partition coefficient (Wildman–Crippen LogP) is 4.03. The molecule has 4 radical (unpaired) electrons. The van der Waals surface area contributed by atoms with E-state index >= 15 is 0 Å². The second-order valence-corrected chi connectivity index (χ2v) is 8.71. The quantitative estimate of drug-likeness (QED) is 0.355. The molecule has 0 aliphatic rings. The molecule has 5 heteroatoms. The zero-order valence-electron chi connectivity index (χ0n) is 16.5. The van der Waals surface area contributed by atoms with Crippen molar-refractivity contribution in [3.05, 3.63) is 48.5 Å². The van der Waals surface area contributed by atoms with Crippen LogP contribution in [0.1, 0.15) is 52.4 Å². The molecule has 2 rings (SSSR count). The van der Waals surface area contributed by atoms with Crippen molar-refractivity contribution >= 4 is 29.9 Å². The molecule has 0 unspecified atom stereocenters. The van der Waals surface area contributed by atoms with Crippen molar-refractivity contribution in [3.8, 4) is 11.5 Å². The van der Waals surface area contributed by atoms with E-state index in [4.69, 9.17) is 13.6 Å². The van der Waals surface area contributed by atoms with Gasteiger partial charge in [-0.25, -0.2) is 0 Å². The minimum absolute atomic E-state index is 0.272. The van der Waals surface area contributed by atoms with Gasteiger partial charge < -0.3 is 13.6 Å². The van der Waals surface area contributed by atoms with Gasteiger partial charge in [-0.15, -0.1) is 0 Å². The predicted molar refractivity (Wildman–Crippen MR) is 115 cm³/mol. The maximum Gasteiger partial charge on any atom is 0.260 e. The van der Waals surface area contributed by atoms with E-state index in [0.29, 0.717) is 0 Å². The number of ether oxygens (including phenoxy) is 2. The fraction of sp³-hybridized carbons (Fsp3) is 0.455. The molecule has 2 aromatic carbocycles. The Balaban J connectivity index is 1.84. The van der Waals surface area contributed by atoms with Crippen LogP contribution in [-0.4, -0.2) is 32.7 Å². The van der Waals surface area contributed by atoms with Crippen molar-refractivity contribution in [1.82, 2.24) is 0 Å². The molecule has 0 fully saturated rings. The molecule has 0 atom stereocenters. The second kappa shape index (κ2) is 13.6. The summed E-state index contributed by atoms with van der Waals surface area (Å²) in [6, 6.07) is 16.4. The van der Waals surface area contributed by atoms with Crippen LogP contribution in [-0.2, 0) is 4.12 Å². The van der Waals surface area contributed by atoms with E-state index in [-0.39, 0.29) is 19.5 Å². The Hall–Kier alpha value is -1.57. The lowest BCUT2D eigenvalue weighted by atomic mass is 10.3. The Morgan fingerprint density at radius 2 is 1.07 bits per heavy atom. The highest BCUT2D eigenvalue weighted by molar-refractivity contribution is 6.61. The van der Waals surface area contributed by atoms with E-state index in [1.807, 2.05) is 36.4 Å². The van der Waals surface area contributed by atoms with Gasteiger partial charge in [-0.1, -0.05) is 75.9 Å². The number of hydrogen-bond acceptors (Lipinski definition) is 3. The van der Waals surface area contributed by atoms with Crippen molar-refractivity contribution in [2.24, 2.45) is 0 Å². The monoisotopic (exact) mass is 398 g/mol. The lowest BCUT2D eigenvalue weighted by Crippen LogP contribution is -2.28. The van der Waals surface area contributed by atoms with Gasteiger partial charge in [0, 0.05) is 10.4 Å². The van der Waals surface area contributed by atoms with Crippen LogP contribution in [0, 0.1) is 0 Å². The minimum Gasteiger partial charge on any atom is -0.494 e. The van der Waals surface area contributed by atoms with Gasteiger partial charge in [-0.3, -0.25) is 0 Å². The summed E-state index contributed by atoms with van der Waals surface area (Å²) in [5.74, 6) is 1.89. The van der Waals surface area contributed by atoms with Crippen LogP contribution < -0.4 is 19.8 Å². The Morgan fingerprint density at radius 1 is 0.630 bits per heavy atom. The van der Waals surface area contributed by atoms with Crippen LogP contribution in [0.25, 0.3) is 0 Å². The van der Waals surface area contributed by atoms with Gasteiger partial charge in [0.15, 0.2) is 0 Å². The van der Waals surface area contributed by atoms with Crippen LogP contribution in [0.3, 0.4) is 0 Å². The smallest absolute Gasteiger partial charge is 0.260 e. The van der Waals surface area contributed by atoms with Crippen LogP contribution in [0.5, 0.6) is 11.5 Å². The highest BCUT2D eigenvalue weighted by Crippen LogP contribution is 2.09. The summed E-state index contributed by atoms with van der Waals surface area (Å²) in [6.45, 7) is 5.95. The van der Waals surface area contributed by atoms with E-state index in [1.54, 1.807) is 0 Å². The third-order valence-electron chi connectivity index (χ3n) is 4.11. The van der Waals surface area contributed by atoms with Gasteiger partial charge in [-0.2, -0.15) is 0 Å². The molecule has 144 valence electrons. The Morgan fingerprint density at radius 3 is 1.52 bits per heavy atom.